The van der Waals surface area contributed by atoms with E-state index in [9.17, 15) is 9.59 Å². The van der Waals surface area contributed by atoms with Gasteiger partial charge in [-0.05, 0) is 32.1 Å². The van der Waals surface area contributed by atoms with Crippen molar-refractivity contribution in [2.45, 2.75) is 51.0 Å². The lowest BCUT2D eigenvalue weighted by Crippen LogP contribution is -2.48. The molecule has 1 aliphatic rings. The topological polar surface area (TPSA) is 87.7 Å². The standard InChI is InChI=1S/C14H26N2O4/c1-20-10-6-2-5-9-15-14(19)16-12-8-4-3-7-11(12)13(17)18/h11-12H,2-10H2,1H3,(H,17,18)(H2,15,16,19). The van der Waals surface area contributed by atoms with Crippen molar-refractivity contribution in [3.05, 3.63) is 0 Å². The van der Waals surface area contributed by atoms with Gasteiger partial charge in [-0.1, -0.05) is 12.8 Å². The summed E-state index contributed by atoms with van der Waals surface area (Å²) in [6.07, 6.45) is 6.21. The molecule has 0 aromatic carbocycles. The summed E-state index contributed by atoms with van der Waals surface area (Å²) in [6, 6.07) is -0.496. The Labute approximate surface area is 120 Å². The van der Waals surface area contributed by atoms with E-state index >= 15 is 0 Å². The van der Waals surface area contributed by atoms with Crippen molar-refractivity contribution in [3.63, 3.8) is 0 Å². The van der Waals surface area contributed by atoms with Crippen LogP contribution in [0.3, 0.4) is 0 Å². The van der Waals surface area contributed by atoms with E-state index in [4.69, 9.17) is 9.84 Å². The first kappa shape index (κ1) is 16.8. The molecule has 0 aliphatic heterocycles. The first-order chi connectivity index (χ1) is 9.65. The zero-order valence-electron chi connectivity index (χ0n) is 12.2. The van der Waals surface area contributed by atoms with Crippen LogP contribution in [-0.2, 0) is 9.53 Å². The van der Waals surface area contributed by atoms with Crippen LogP contribution in [0, 0.1) is 5.92 Å². The number of carbonyl (C=O) groups is 2. The number of methoxy groups -OCH3 is 1. The molecular formula is C14H26N2O4. The Morgan fingerprint density at radius 2 is 1.95 bits per heavy atom. The second kappa shape index (κ2) is 9.58. The normalized spacial score (nSPS) is 22.2. The van der Waals surface area contributed by atoms with Crippen molar-refractivity contribution in [3.8, 4) is 0 Å². The molecule has 116 valence electrons. The number of amides is 2. The first-order valence-corrected chi connectivity index (χ1v) is 7.41. The molecule has 0 aromatic heterocycles. The predicted molar refractivity (Wildman–Crippen MR) is 75.6 cm³/mol. The second-order valence-corrected chi connectivity index (χ2v) is 5.29. The van der Waals surface area contributed by atoms with Gasteiger partial charge in [0.25, 0.3) is 0 Å². The second-order valence-electron chi connectivity index (χ2n) is 5.29. The monoisotopic (exact) mass is 286 g/mol. The Kier molecular flexibility index (Phi) is 8.02. The van der Waals surface area contributed by atoms with Crippen LogP contribution in [0.25, 0.3) is 0 Å². The summed E-state index contributed by atoms with van der Waals surface area (Å²) in [5.74, 6) is -1.26. The van der Waals surface area contributed by atoms with Gasteiger partial charge in [0.15, 0.2) is 0 Å². The molecule has 1 aliphatic carbocycles. The minimum Gasteiger partial charge on any atom is -0.481 e. The molecule has 3 N–H and O–H groups in total. The largest absolute Gasteiger partial charge is 0.481 e. The maximum Gasteiger partial charge on any atom is 0.315 e. The smallest absolute Gasteiger partial charge is 0.315 e. The zero-order valence-corrected chi connectivity index (χ0v) is 12.2. The minimum absolute atomic E-state index is 0.241. The molecule has 20 heavy (non-hydrogen) atoms. The average Bonchev–Trinajstić information content (AvgIpc) is 2.43. The van der Waals surface area contributed by atoms with Crippen molar-refractivity contribution in [2.75, 3.05) is 20.3 Å². The number of hydrogen-bond acceptors (Lipinski definition) is 3. The van der Waals surface area contributed by atoms with Gasteiger partial charge in [0, 0.05) is 26.3 Å². The van der Waals surface area contributed by atoms with Crippen LogP contribution in [0.4, 0.5) is 4.79 Å². The van der Waals surface area contributed by atoms with Crippen LogP contribution < -0.4 is 10.6 Å². The summed E-state index contributed by atoms with van der Waals surface area (Å²) in [4.78, 5) is 22.9. The van der Waals surface area contributed by atoms with Gasteiger partial charge in [0.2, 0.25) is 0 Å². The highest BCUT2D eigenvalue weighted by Crippen LogP contribution is 2.24. The number of urea groups is 1. The third-order valence-electron chi connectivity index (χ3n) is 3.71. The van der Waals surface area contributed by atoms with Crippen LogP contribution in [0.1, 0.15) is 44.9 Å². The van der Waals surface area contributed by atoms with Crippen molar-refractivity contribution in [1.82, 2.24) is 10.6 Å². The number of carbonyl (C=O) groups excluding carboxylic acids is 1. The Morgan fingerprint density at radius 3 is 2.65 bits per heavy atom. The molecule has 0 spiro atoms. The third-order valence-corrected chi connectivity index (χ3v) is 3.71. The van der Waals surface area contributed by atoms with Crippen molar-refractivity contribution >= 4 is 12.0 Å². The van der Waals surface area contributed by atoms with Gasteiger partial charge >= 0.3 is 12.0 Å². The van der Waals surface area contributed by atoms with Crippen molar-refractivity contribution < 1.29 is 19.4 Å². The number of rotatable bonds is 8. The lowest BCUT2D eigenvalue weighted by molar-refractivity contribution is -0.143. The fourth-order valence-electron chi connectivity index (χ4n) is 2.57. The molecule has 0 bridgehead atoms. The van der Waals surface area contributed by atoms with Gasteiger partial charge < -0.3 is 20.5 Å². The van der Waals surface area contributed by atoms with Gasteiger partial charge in [0.1, 0.15) is 0 Å². The van der Waals surface area contributed by atoms with Gasteiger partial charge in [-0.2, -0.15) is 0 Å². The van der Waals surface area contributed by atoms with Gasteiger partial charge in [-0.15, -0.1) is 0 Å². The first-order valence-electron chi connectivity index (χ1n) is 7.41. The van der Waals surface area contributed by atoms with E-state index in [0.717, 1.165) is 45.1 Å². The highest BCUT2D eigenvalue weighted by Gasteiger charge is 2.31. The van der Waals surface area contributed by atoms with Gasteiger partial charge in [0.05, 0.1) is 5.92 Å². The Balaban J connectivity index is 2.18. The SMILES string of the molecule is COCCCCCNC(=O)NC1CCCCC1C(=O)O. The van der Waals surface area contributed by atoms with Crippen LogP contribution in [-0.4, -0.2) is 43.4 Å². The molecule has 2 unspecified atom stereocenters. The summed E-state index contributed by atoms with van der Waals surface area (Å²) in [5, 5.41) is 14.7. The molecular weight excluding hydrogens is 260 g/mol. The lowest BCUT2D eigenvalue weighted by atomic mass is 9.84. The summed E-state index contributed by atoms with van der Waals surface area (Å²) >= 11 is 0. The molecule has 0 radical (unpaired) electrons. The van der Waals surface area contributed by atoms with E-state index in [0.29, 0.717) is 13.0 Å². The van der Waals surface area contributed by atoms with E-state index in [1.807, 2.05) is 0 Å². The maximum absolute atomic E-state index is 11.7. The third kappa shape index (κ3) is 6.23. The summed E-state index contributed by atoms with van der Waals surface area (Å²) < 4.78 is 4.95. The number of hydrogen-bond donors (Lipinski definition) is 3. The molecule has 6 nitrogen and oxygen atoms in total. The van der Waals surface area contributed by atoms with Gasteiger partial charge in [-0.3, -0.25) is 4.79 Å². The summed E-state index contributed by atoms with van der Waals surface area (Å²) in [6.45, 7) is 1.36. The highest BCUT2D eigenvalue weighted by atomic mass is 16.5. The van der Waals surface area contributed by atoms with Crippen molar-refractivity contribution in [1.29, 1.82) is 0 Å². The Bertz CT molecular complexity index is 310. The van der Waals surface area contributed by atoms with Crippen molar-refractivity contribution in [2.24, 2.45) is 5.92 Å². The highest BCUT2D eigenvalue weighted by molar-refractivity contribution is 5.76. The number of unbranched alkanes of at least 4 members (excludes halogenated alkanes) is 2. The fourth-order valence-corrected chi connectivity index (χ4v) is 2.57. The quantitative estimate of drug-likeness (QED) is 0.593. The van der Waals surface area contributed by atoms with Crippen LogP contribution in [0.5, 0.6) is 0 Å². The van der Waals surface area contributed by atoms with Crippen LogP contribution in [0.2, 0.25) is 0 Å². The number of ether oxygens (including phenoxy) is 1. The molecule has 0 heterocycles. The molecule has 1 rings (SSSR count). The molecule has 2 amide bonds. The zero-order chi connectivity index (χ0) is 14.8. The number of carboxylic acids is 1. The predicted octanol–water partition coefficient (Wildman–Crippen LogP) is 1.75. The Morgan fingerprint density at radius 1 is 1.20 bits per heavy atom. The maximum atomic E-state index is 11.7. The van der Waals surface area contributed by atoms with E-state index in [2.05, 4.69) is 10.6 Å². The molecule has 1 fully saturated rings. The Hall–Kier alpha value is -1.30. The number of aliphatic carboxylic acids is 1. The lowest BCUT2D eigenvalue weighted by Gasteiger charge is -2.29. The molecule has 1 saturated carbocycles. The average molecular weight is 286 g/mol. The summed E-state index contributed by atoms with van der Waals surface area (Å²) in [7, 11) is 1.68. The number of nitrogens with one attached hydrogen (secondary N) is 2. The van der Waals surface area contributed by atoms with E-state index in [1.165, 1.54) is 0 Å². The van der Waals surface area contributed by atoms with Crippen LogP contribution >= 0.6 is 0 Å². The van der Waals surface area contributed by atoms with E-state index in [-0.39, 0.29) is 12.1 Å². The molecule has 0 saturated heterocycles. The van der Waals surface area contributed by atoms with Crippen LogP contribution in [0.15, 0.2) is 0 Å². The minimum atomic E-state index is -0.811. The van der Waals surface area contributed by atoms with E-state index in [1.54, 1.807) is 7.11 Å². The fraction of sp³-hybridized carbons (Fsp3) is 0.857. The number of carboxylic acid groups (broad SMARTS) is 1. The molecule has 2 atom stereocenters. The van der Waals surface area contributed by atoms with E-state index < -0.39 is 11.9 Å². The van der Waals surface area contributed by atoms with Gasteiger partial charge in [-0.25, -0.2) is 4.79 Å². The molecule has 6 heteroatoms. The summed E-state index contributed by atoms with van der Waals surface area (Å²) in [5.41, 5.74) is 0. The molecule has 0 aromatic rings.